The molecule has 2 bridgehead atoms. The molecule has 0 saturated heterocycles. The predicted octanol–water partition coefficient (Wildman–Crippen LogP) is 1.10. The number of halogens is 1. The Morgan fingerprint density at radius 3 is 2.85 bits per heavy atom. The Labute approximate surface area is 125 Å². The number of amides is 1. The number of carbonyl (C=O) groups is 1. The van der Waals surface area contributed by atoms with E-state index in [1.165, 1.54) is 12.8 Å². The number of hydrogen-bond donors (Lipinski definition) is 2. The smallest absolute Gasteiger partial charge is 0.225 e. The maximum Gasteiger partial charge on any atom is 0.225 e. The van der Waals surface area contributed by atoms with Crippen LogP contribution in [0.2, 0.25) is 0 Å². The van der Waals surface area contributed by atoms with Gasteiger partial charge in [0.1, 0.15) is 0 Å². The Morgan fingerprint density at radius 2 is 2.25 bits per heavy atom. The third kappa shape index (κ3) is 2.83. The van der Waals surface area contributed by atoms with E-state index in [2.05, 4.69) is 10.4 Å². The second-order valence-electron chi connectivity index (χ2n) is 6.01. The van der Waals surface area contributed by atoms with Crippen LogP contribution in [0.15, 0.2) is 12.4 Å². The summed E-state index contributed by atoms with van der Waals surface area (Å²) in [6.07, 6.45) is 7.34. The van der Waals surface area contributed by atoms with E-state index in [-0.39, 0.29) is 30.3 Å². The van der Waals surface area contributed by atoms with Crippen molar-refractivity contribution in [2.24, 2.45) is 23.5 Å². The third-order valence-electron chi connectivity index (χ3n) is 4.69. The fourth-order valence-corrected chi connectivity index (χ4v) is 3.73. The molecule has 0 radical (unpaired) electrons. The van der Waals surface area contributed by atoms with E-state index in [1.54, 1.807) is 0 Å². The summed E-state index contributed by atoms with van der Waals surface area (Å²) in [6.45, 7) is 3.35. The van der Waals surface area contributed by atoms with E-state index in [4.69, 9.17) is 5.73 Å². The summed E-state index contributed by atoms with van der Waals surface area (Å²) in [7, 11) is 0. The first-order chi connectivity index (χ1) is 9.15. The average molecular weight is 299 g/mol. The number of nitrogens with zero attached hydrogens (tertiary/aromatic N) is 2. The van der Waals surface area contributed by atoms with Gasteiger partial charge < -0.3 is 11.1 Å². The highest BCUT2D eigenvalue weighted by molar-refractivity contribution is 5.85. The highest BCUT2D eigenvalue weighted by atomic mass is 35.5. The van der Waals surface area contributed by atoms with Gasteiger partial charge in [0, 0.05) is 18.8 Å². The lowest BCUT2D eigenvalue weighted by Crippen LogP contribution is -2.45. The molecule has 2 aliphatic carbocycles. The molecule has 3 rings (SSSR count). The summed E-state index contributed by atoms with van der Waals surface area (Å²) in [4.78, 5) is 12.2. The van der Waals surface area contributed by atoms with E-state index in [0.29, 0.717) is 18.4 Å². The number of carbonyl (C=O) groups excluding carboxylic acids is 1. The van der Waals surface area contributed by atoms with E-state index in [9.17, 15) is 4.79 Å². The minimum atomic E-state index is 0. The van der Waals surface area contributed by atoms with Crippen LogP contribution in [0.3, 0.4) is 0 Å². The number of rotatable bonds is 4. The van der Waals surface area contributed by atoms with E-state index < -0.39 is 0 Å². The average Bonchev–Trinajstić information content (AvgIpc) is 3.05. The van der Waals surface area contributed by atoms with Crippen LogP contribution in [0.5, 0.6) is 0 Å². The van der Waals surface area contributed by atoms with Gasteiger partial charge in [-0.05, 0) is 43.6 Å². The molecule has 20 heavy (non-hydrogen) atoms. The van der Waals surface area contributed by atoms with Gasteiger partial charge in [0.2, 0.25) is 5.91 Å². The van der Waals surface area contributed by atoms with Gasteiger partial charge in [-0.15, -0.1) is 12.4 Å². The standard InChI is InChI=1S/C14H22N4O.ClH/c1-9-7-17-18(8-9)5-4-16-14(19)12-10-2-3-11(6-10)13(12)15;/h7-8,10-13H,2-6,15H2,1H3,(H,16,19);1H. The zero-order valence-electron chi connectivity index (χ0n) is 11.8. The quantitative estimate of drug-likeness (QED) is 0.874. The molecule has 3 N–H and O–H groups in total. The molecular formula is C14H23ClN4O. The molecule has 1 amide bonds. The van der Waals surface area contributed by atoms with Crippen molar-refractivity contribution in [2.75, 3.05) is 6.54 Å². The minimum absolute atomic E-state index is 0. The Kier molecular flexibility index (Phi) is 4.70. The molecule has 1 aromatic rings. The van der Waals surface area contributed by atoms with E-state index in [0.717, 1.165) is 18.5 Å². The Morgan fingerprint density at radius 1 is 1.50 bits per heavy atom. The van der Waals surface area contributed by atoms with Gasteiger partial charge in [-0.1, -0.05) is 0 Å². The number of aryl methyl sites for hydroxylation is 1. The second-order valence-corrected chi connectivity index (χ2v) is 6.01. The van der Waals surface area contributed by atoms with Crippen molar-refractivity contribution in [3.05, 3.63) is 18.0 Å². The number of hydrogen-bond acceptors (Lipinski definition) is 3. The van der Waals surface area contributed by atoms with Crippen molar-refractivity contribution in [3.8, 4) is 0 Å². The summed E-state index contributed by atoms with van der Waals surface area (Å²) in [6, 6.07) is 0.0747. The van der Waals surface area contributed by atoms with Crippen molar-refractivity contribution in [1.82, 2.24) is 15.1 Å². The lowest BCUT2D eigenvalue weighted by atomic mass is 9.84. The number of nitrogens with one attached hydrogen (secondary N) is 1. The highest BCUT2D eigenvalue weighted by Gasteiger charge is 2.48. The van der Waals surface area contributed by atoms with Crippen LogP contribution in [-0.4, -0.2) is 28.3 Å². The molecule has 2 saturated carbocycles. The maximum absolute atomic E-state index is 12.2. The van der Waals surface area contributed by atoms with Gasteiger partial charge in [-0.2, -0.15) is 5.10 Å². The Balaban J connectivity index is 0.00000147. The van der Waals surface area contributed by atoms with Gasteiger partial charge >= 0.3 is 0 Å². The molecular weight excluding hydrogens is 276 g/mol. The minimum Gasteiger partial charge on any atom is -0.354 e. The second kappa shape index (κ2) is 6.14. The summed E-state index contributed by atoms with van der Waals surface area (Å²) in [5.41, 5.74) is 7.31. The van der Waals surface area contributed by atoms with Crippen LogP contribution in [0.1, 0.15) is 24.8 Å². The molecule has 0 aromatic carbocycles. The van der Waals surface area contributed by atoms with Gasteiger partial charge in [-0.3, -0.25) is 9.48 Å². The van der Waals surface area contributed by atoms with Gasteiger partial charge in [-0.25, -0.2) is 0 Å². The molecule has 1 aromatic heterocycles. The topological polar surface area (TPSA) is 72.9 Å². The molecule has 6 heteroatoms. The monoisotopic (exact) mass is 298 g/mol. The van der Waals surface area contributed by atoms with E-state index >= 15 is 0 Å². The number of aromatic nitrogens is 2. The normalized spacial score (nSPS) is 31.1. The molecule has 0 aliphatic heterocycles. The Bertz CT molecular complexity index is 473. The number of nitrogens with two attached hydrogens (primary N) is 1. The molecule has 4 unspecified atom stereocenters. The maximum atomic E-state index is 12.2. The van der Waals surface area contributed by atoms with Crippen LogP contribution in [0.25, 0.3) is 0 Å². The van der Waals surface area contributed by atoms with Crippen LogP contribution in [0, 0.1) is 24.7 Å². The fraction of sp³-hybridized carbons (Fsp3) is 0.714. The molecule has 1 heterocycles. The molecule has 4 atom stereocenters. The van der Waals surface area contributed by atoms with Gasteiger partial charge in [0.25, 0.3) is 0 Å². The van der Waals surface area contributed by atoms with E-state index in [1.807, 2.05) is 24.0 Å². The number of fused-ring (bicyclic) bond motifs is 2. The first-order valence-corrected chi connectivity index (χ1v) is 7.17. The molecule has 0 spiro atoms. The SMILES string of the molecule is Cc1cnn(CCNC(=O)C2C3CCC(C3)C2N)c1.Cl. The summed E-state index contributed by atoms with van der Waals surface area (Å²) in [5.74, 6) is 1.28. The Hall–Kier alpha value is -1.07. The first-order valence-electron chi connectivity index (χ1n) is 7.17. The summed E-state index contributed by atoms with van der Waals surface area (Å²) < 4.78 is 1.86. The lowest BCUT2D eigenvalue weighted by molar-refractivity contribution is -0.127. The zero-order valence-corrected chi connectivity index (χ0v) is 12.6. The summed E-state index contributed by atoms with van der Waals surface area (Å²) in [5, 5.41) is 7.22. The molecule has 2 aliphatic rings. The fourth-order valence-electron chi connectivity index (χ4n) is 3.73. The van der Waals surface area contributed by atoms with Crippen LogP contribution >= 0.6 is 12.4 Å². The zero-order chi connectivity index (χ0) is 13.4. The van der Waals surface area contributed by atoms with Crippen LogP contribution < -0.4 is 11.1 Å². The molecule has 2 fully saturated rings. The van der Waals surface area contributed by atoms with Gasteiger partial charge in [0.15, 0.2) is 0 Å². The van der Waals surface area contributed by atoms with Crippen LogP contribution in [-0.2, 0) is 11.3 Å². The van der Waals surface area contributed by atoms with Crippen molar-refractivity contribution in [2.45, 2.75) is 38.8 Å². The third-order valence-corrected chi connectivity index (χ3v) is 4.69. The van der Waals surface area contributed by atoms with Gasteiger partial charge in [0.05, 0.1) is 18.7 Å². The van der Waals surface area contributed by atoms with Crippen LogP contribution in [0.4, 0.5) is 0 Å². The predicted molar refractivity (Wildman–Crippen MR) is 79.5 cm³/mol. The molecule has 112 valence electrons. The largest absolute Gasteiger partial charge is 0.354 e. The molecule has 5 nitrogen and oxygen atoms in total. The summed E-state index contributed by atoms with van der Waals surface area (Å²) >= 11 is 0. The highest BCUT2D eigenvalue weighted by Crippen LogP contribution is 2.47. The van der Waals surface area contributed by atoms with Crippen molar-refractivity contribution in [1.29, 1.82) is 0 Å². The van der Waals surface area contributed by atoms with Crippen molar-refractivity contribution < 1.29 is 4.79 Å². The van der Waals surface area contributed by atoms with Crippen molar-refractivity contribution in [3.63, 3.8) is 0 Å². The lowest BCUT2D eigenvalue weighted by Gasteiger charge is -2.26. The van der Waals surface area contributed by atoms with Crippen molar-refractivity contribution >= 4 is 18.3 Å². The first kappa shape index (κ1) is 15.3.